The molecule has 1 rings (SSSR count). The van der Waals surface area contributed by atoms with Gasteiger partial charge in [-0.1, -0.05) is 33.1 Å². The van der Waals surface area contributed by atoms with Gasteiger partial charge in [-0.25, -0.2) is 0 Å². The van der Waals surface area contributed by atoms with Gasteiger partial charge in [0, 0.05) is 19.1 Å². The Morgan fingerprint density at radius 3 is 2.55 bits per heavy atom. The molecular weight excluding hydrogens is 250 g/mol. The molecule has 0 bridgehead atoms. The van der Waals surface area contributed by atoms with E-state index < -0.39 is 0 Å². The van der Waals surface area contributed by atoms with Gasteiger partial charge in [-0.05, 0) is 50.4 Å². The van der Waals surface area contributed by atoms with Crippen LogP contribution in [0.25, 0.3) is 0 Å². The van der Waals surface area contributed by atoms with E-state index in [0.717, 1.165) is 38.1 Å². The van der Waals surface area contributed by atoms with Gasteiger partial charge in [0.2, 0.25) is 5.91 Å². The maximum atomic E-state index is 12.1. The number of hydrogen-bond acceptors (Lipinski definition) is 2. The van der Waals surface area contributed by atoms with E-state index >= 15 is 0 Å². The van der Waals surface area contributed by atoms with Crippen molar-refractivity contribution in [3.05, 3.63) is 0 Å². The van der Waals surface area contributed by atoms with Crippen molar-refractivity contribution >= 4 is 5.91 Å². The Morgan fingerprint density at radius 2 is 1.95 bits per heavy atom. The number of carbonyl (C=O) groups is 1. The second-order valence-electron chi connectivity index (χ2n) is 6.58. The molecule has 1 unspecified atom stereocenters. The first-order valence-electron chi connectivity index (χ1n) is 8.55. The highest BCUT2D eigenvalue weighted by Crippen LogP contribution is 2.31. The van der Waals surface area contributed by atoms with Gasteiger partial charge in [0.1, 0.15) is 0 Å². The molecule has 1 aliphatic carbocycles. The van der Waals surface area contributed by atoms with Gasteiger partial charge < -0.3 is 10.4 Å². The van der Waals surface area contributed by atoms with E-state index in [0.29, 0.717) is 5.92 Å². The molecule has 1 atom stereocenters. The summed E-state index contributed by atoms with van der Waals surface area (Å²) in [4.78, 5) is 12.1. The van der Waals surface area contributed by atoms with Crippen molar-refractivity contribution in [3.63, 3.8) is 0 Å². The van der Waals surface area contributed by atoms with Crippen molar-refractivity contribution in [2.75, 3.05) is 13.2 Å². The van der Waals surface area contributed by atoms with Crippen LogP contribution in [0.2, 0.25) is 0 Å². The van der Waals surface area contributed by atoms with Crippen LogP contribution in [0.1, 0.15) is 71.6 Å². The average molecular weight is 283 g/mol. The monoisotopic (exact) mass is 283 g/mol. The van der Waals surface area contributed by atoms with E-state index in [2.05, 4.69) is 12.2 Å². The first-order chi connectivity index (χ1) is 9.67. The zero-order valence-corrected chi connectivity index (χ0v) is 13.4. The summed E-state index contributed by atoms with van der Waals surface area (Å²) in [7, 11) is 0. The van der Waals surface area contributed by atoms with E-state index in [1.165, 1.54) is 32.1 Å². The topological polar surface area (TPSA) is 49.3 Å². The smallest absolute Gasteiger partial charge is 0.223 e. The predicted molar refractivity (Wildman–Crippen MR) is 83.5 cm³/mol. The molecule has 3 heteroatoms. The van der Waals surface area contributed by atoms with Crippen LogP contribution in [-0.4, -0.2) is 24.2 Å². The Balaban J connectivity index is 2.10. The highest BCUT2D eigenvalue weighted by Gasteiger charge is 2.25. The SMILES string of the molecule is CCCCC1CCC(C(=O)NCCCC(C)CO)CC1. The fourth-order valence-electron chi connectivity index (χ4n) is 3.10. The molecule has 0 aromatic carbocycles. The van der Waals surface area contributed by atoms with E-state index in [1.54, 1.807) is 0 Å². The normalized spacial score (nSPS) is 24.4. The van der Waals surface area contributed by atoms with Crippen LogP contribution in [0.3, 0.4) is 0 Å². The summed E-state index contributed by atoms with van der Waals surface area (Å²) in [6.45, 7) is 5.30. The molecule has 1 aliphatic rings. The largest absolute Gasteiger partial charge is 0.396 e. The van der Waals surface area contributed by atoms with E-state index in [4.69, 9.17) is 5.11 Å². The summed E-state index contributed by atoms with van der Waals surface area (Å²) in [6.07, 6.45) is 10.6. The zero-order chi connectivity index (χ0) is 14.8. The first-order valence-corrected chi connectivity index (χ1v) is 8.55. The molecule has 118 valence electrons. The van der Waals surface area contributed by atoms with E-state index in [9.17, 15) is 4.79 Å². The maximum Gasteiger partial charge on any atom is 0.223 e. The van der Waals surface area contributed by atoms with Gasteiger partial charge in [0.15, 0.2) is 0 Å². The molecule has 2 N–H and O–H groups in total. The van der Waals surface area contributed by atoms with Crippen LogP contribution >= 0.6 is 0 Å². The number of unbranched alkanes of at least 4 members (excludes halogenated alkanes) is 1. The minimum absolute atomic E-state index is 0.246. The van der Waals surface area contributed by atoms with Gasteiger partial charge in [-0.2, -0.15) is 0 Å². The Hall–Kier alpha value is -0.570. The molecule has 0 aromatic heterocycles. The Labute approximate surface area is 124 Å². The Bertz CT molecular complexity index is 260. The summed E-state index contributed by atoms with van der Waals surface area (Å²) < 4.78 is 0. The van der Waals surface area contributed by atoms with Crippen LogP contribution in [-0.2, 0) is 4.79 Å². The standard InChI is InChI=1S/C17H33NO2/c1-3-4-7-15-8-10-16(11-9-15)17(20)18-12-5-6-14(2)13-19/h14-16,19H,3-13H2,1-2H3,(H,18,20). The van der Waals surface area contributed by atoms with Gasteiger partial charge in [-0.3, -0.25) is 4.79 Å². The van der Waals surface area contributed by atoms with Gasteiger partial charge in [0.05, 0.1) is 0 Å². The minimum atomic E-state index is 0.246. The van der Waals surface area contributed by atoms with Crippen LogP contribution in [0, 0.1) is 17.8 Å². The van der Waals surface area contributed by atoms with Crippen molar-refractivity contribution in [2.45, 2.75) is 71.6 Å². The van der Waals surface area contributed by atoms with Gasteiger partial charge in [0.25, 0.3) is 0 Å². The maximum absolute atomic E-state index is 12.1. The molecule has 0 aromatic rings. The lowest BCUT2D eigenvalue weighted by atomic mass is 9.79. The van der Waals surface area contributed by atoms with Crippen LogP contribution in [0.15, 0.2) is 0 Å². The molecule has 1 fully saturated rings. The molecule has 3 nitrogen and oxygen atoms in total. The zero-order valence-electron chi connectivity index (χ0n) is 13.4. The Morgan fingerprint density at radius 1 is 1.25 bits per heavy atom. The van der Waals surface area contributed by atoms with E-state index in [1.807, 2.05) is 6.92 Å². The second-order valence-corrected chi connectivity index (χ2v) is 6.58. The highest BCUT2D eigenvalue weighted by molar-refractivity contribution is 5.78. The summed E-state index contributed by atoms with van der Waals surface area (Å²) in [5, 5.41) is 12.0. The number of nitrogens with one attached hydrogen (secondary N) is 1. The highest BCUT2D eigenvalue weighted by atomic mass is 16.3. The lowest BCUT2D eigenvalue weighted by Crippen LogP contribution is -2.34. The van der Waals surface area contributed by atoms with Crippen molar-refractivity contribution in [1.29, 1.82) is 0 Å². The number of aliphatic hydroxyl groups excluding tert-OH is 1. The third-order valence-corrected chi connectivity index (χ3v) is 4.67. The third-order valence-electron chi connectivity index (χ3n) is 4.67. The summed E-state index contributed by atoms with van der Waals surface area (Å²) in [6, 6.07) is 0. The molecule has 0 saturated heterocycles. The molecule has 1 saturated carbocycles. The molecule has 0 heterocycles. The van der Waals surface area contributed by atoms with Crippen molar-refractivity contribution in [3.8, 4) is 0 Å². The number of amides is 1. The van der Waals surface area contributed by atoms with Gasteiger partial charge in [-0.15, -0.1) is 0 Å². The summed E-state index contributed by atoms with van der Waals surface area (Å²) in [5.74, 6) is 1.73. The van der Waals surface area contributed by atoms with Crippen molar-refractivity contribution in [1.82, 2.24) is 5.32 Å². The van der Waals surface area contributed by atoms with Crippen LogP contribution in [0.4, 0.5) is 0 Å². The lowest BCUT2D eigenvalue weighted by molar-refractivity contribution is -0.126. The number of aliphatic hydroxyl groups is 1. The summed E-state index contributed by atoms with van der Waals surface area (Å²) >= 11 is 0. The minimum Gasteiger partial charge on any atom is -0.396 e. The van der Waals surface area contributed by atoms with E-state index in [-0.39, 0.29) is 18.4 Å². The second kappa shape index (κ2) is 10.2. The number of rotatable bonds is 9. The van der Waals surface area contributed by atoms with Crippen LogP contribution < -0.4 is 5.32 Å². The first kappa shape index (κ1) is 17.5. The molecule has 0 spiro atoms. The lowest BCUT2D eigenvalue weighted by Gasteiger charge is -2.27. The predicted octanol–water partition coefficient (Wildman–Crippen LogP) is 3.51. The average Bonchev–Trinajstić information content (AvgIpc) is 2.49. The van der Waals surface area contributed by atoms with Gasteiger partial charge >= 0.3 is 0 Å². The van der Waals surface area contributed by atoms with Crippen molar-refractivity contribution in [2.24, 2.45) is 17.8 Å². The van der Waals surface area contributed by atoms with Crippen molar-refractivity contribution < 1.29 is 9.90 Å². The quantitative estimate of drug-likeness (QED) is 0.636. The number of carbonyl (C=O) groups excluding carboxylic acids is 1. The third kappa shape index (κ3) is 6.74. The number of hydrogen-bond donors (Lipinski definition) is 2. The fraction of sp³-hybridized carbons (Fsp3) is 0.941. The molecular formula is C17H33NO2. The molecule has 0 radical (unpaired) electrons. The summed E-state index contributed by atoms with van der Waals surface area (Å²) in [5.41, 5.74) is 0. The molecule has 20 heavy (non-hydrogen) atoms. The fourth-order valence-corrected chi connectivity index (χ4v) is 3.10. The van der Waals surface area contributed by atoms with Crippen LogP contribution in [0.5, 0.6) is 0 Å². The Kier molecular flexibility index (Phi) is 8.92. The molecule has 0 aliphatic heterocycles. The molecule has 1 amide bonds.